The van der Waals surface area contributed by atoms with Crippen LogP contribution in [0.25, 0.3) is 45.1 Å². The molecule has 0 saturated heterocycles. The third kappa shape index (κ3) is 2.98. The molecule has 1 fully saturated rings. The van der Waals surface area contributed by atoms with Crippen LogP contribution in [0.3, 0.4) is 0 Å². The molecule has 0 spiro atoms. The highest BCUT2D eigenvalue weighted by molar-refractivity contribution is 5.95. The lowest BCUT2D eigenvalue weighted by Gasteiger charge is -2.03. The van der Waals surface area contributed by atoms with E-state index in [2.05, 4.69) is 20.1 Å². The van der Waals surface area contributed by atoms with Gasteiger partial charge in [-0.15, -0.1) is 0 Å². The number of fused-ring (bicyclic) bond motifs is 1. The van der Waals surface area contributed by atoms with Gasteiger partial charge >= 0.3 is 0 Å². The Morgan fingerprint density at radius 1 is 1.06 bits per heavy atom. The molecule has 0 aliphatic heterocycles. The predicted molar refractivity (Wildman–Crippen MR) is 109 cm³/mol. The molecule has 4 heterocycles. The number of hydrogen-bond acceptors (Lipinski definition) is 5. The minimum Gasteiger partial charge on any atom is -0.436 e. The van der Waals surface area contributed by atoms with E-state index in [0.29, 0.717) is 45.1 Å². The van der Waals surface area contributed by atoms with E-state index < -0.39 is 17.8 Å². The van der Waals surface area contributed by atoms with Crippen LogP contribution in [0.15, 0.2) is 59.8 Å². The summed E-state index contributed by atoms with van der Waals surface area (Å²) in [5, 5.41) is 5.02. The normalized spacial score (nSPS) is 17.2. The Labute approximate surface area is 179 Å². The number of imidazole rings is 1. The standard InChI is InChI=1S/C22H15F3N6O/c1-30-9-16(28-11-30)17-6-14-20(26-10-27-21(14)32-17)15-8-31(18-7-22(18,24)25)29-19(15)12-2-4-13(23)5-3-12/h2-6,8-11,18H,7H2,1H3/t18-/m0/s1. The van der Waals surface area contributed by atoms with Crippen LogP contribution in [0.4, 0.5) is 13.2 Å². The molecule has 1 saturated carbocycles. The number of halogens is 3. The first-order valence-corrected chi connectivity index (χ1v) is 9.85. The van der Waals surface area contributed by atoms with Crippen LogP contribution >= 0.6 is 0 Å². The minimum absolute atomic E-state index is 0.272. The summed E-state index contributed by atoms with van der Waals surface area (Å²) in [6.07, 6.45) is 6.09. The fourth-order valence-corrected chi connectivity index (χ4v) is 3.77. The number of aromatic nitrogens is 6. The highest BCUT2D eigenvalue weighted by Crippen LogP contribution is 2.53. The number of rotatable bonds is 4. The summed E-state index contributed by atoms with van der Waals surface area (Å²) in [6, 6.07) is 6.48. The number of furan rings is 1. The van der Waals surface area contributed by atoms with Gasteiger partial charge in [0.15, 0.2) is 5.76 Å². The third-order valence-electron chi connectivity index (χ3n) is 5.50. The van der Waals surface area contributed by atoms with Gasteiger partial charge < -0.3 is 8.98 Å². The zero-order valence-electron chi connectivity index (χ0n) is 16.7. The van der Waals surface area contributed by atoms with Crippen molar-refractivity contribution in [2.24, 2.45) is 7.05 Å². The van der Waals surface area contributed by atoms with E-state index >= 15 is 0 Å². The molecule has 0 amide bonds. The van der Waals surface area contributed by atoms with Crippen molar-refractivity contribution in [1.82, 2.24) is 29.3 Å². The minimum atomic E-state index is -2.80. The second kappa shape index (κ2) is 6.52. The van der Waals surface area contributed by atoms with Gasteiger partial charge in [0.05, 0.1) is 17.4 Å². The smallest absolute Gasteiger partial charge is 0.272 e. The Kier molecular flexibility index (Phi) is 3.83. The monoisotopic (exact) mass is 436 g/mol. The number of hydrogen-bond donors (Lipinski definition) is 0. The first kappa shape index (κ1) is 18.8. The average molecular weight is 436 g/mol. The average Bonchev–Trinajstić information content (AvgIpc) is 3.23. The summed E-state index contributed by atoms with van der Waals surface area (Å²) >= 11 is 0. The number of benzene rings is 1. The lowest BCUT2D eigenvalue weighted by Crippen LogP contribution is -2.02. The van der Waals surface area contributed by atoms with Crippen LogP contribution in [-0.4, -0.2) is 35.2 Å². The molecule has 32 heavy (non-hydrogen) atoms. The second-order valence-corrected chi connectivity index (χ2v) is 7.84. The lowest BCUT2D eigenvalue weighted by molar-refractivity contribution is 0.0984. The summed E-state index contributed by atoms with van der Waals surface area (Å²) in [7, 11) is 1.85. The summed E-state index contributed by atoms with van der Waals surface area (Å²) in [6.45, 7) is 0. The summed E-state index contributed by atoms with van der Waals surface area (Å²) in [4.78, 5) is 12.9. The van der Waals surface area contributed by atoms with Crippen molar-refractivity contribution in [2.45, 2.75) is 18.4 Å². The second-order valence-electron chi connectivity index (χ2n) is 7.84. The number of nitrogens with zero attached hydrogens (tertiary/aromatic N) is 6. The molecule has 10 heteroatoms. The van der Waals surface area contributed by atoms with Gasteiger partial charge in [0.2, 0.25) is 5.71 Å². The van der Waals surface area contributed by atoms with Crippen LogP contribution in [0.5, 0.6) is 0 Å². The molecule has 5 aromatic rings. The van der Waals surface area contributed by atoms with Gasteiger partial charge in [-0.25, -0.2) is 28.1 Å². The van der Waals surface area contributed by atoms with Crippen LogP contribution in [-0.2, 0) is 7.05 Å². The maximum atomic E-state index is 13.8. The van der Waals surface area contributed by atoms with Gasteiger partial charge in [0.1, 0.15) is 29.6 Å². The van der Waals surface area contributed by atoms with Crippen molar-refractivity contribution in [3.05, 3.63) is 61.2 Å². The summed E-state index contributed by atoms with van der Waals surface area (Å²) in [5.41, 5.74) is 2.99. The maximum absolute atomic E-state index is 13.8. The molecule has 1 aliphatic rings. The molecule has 0 N–H and O–H groups in total. The SMILES string of the molecule is Cn1cnc(-c2cc3c(-c4cn([C@H]5CC5(F)F)nc4-c4ccc(F)cc4)ncnc3o2)c1. The van der Waals surface area contributed by atoms with E-state index in [1.54, 1.807) is 35.3 Å². The largest absolute Gasteiger partial charge is 0.436 e. The van der Waals surface area contributed by atoms with Crippen molar-refractivity contribution >= 4 is 11.1 Å². The van der Waals surface area contributed by atoms with E-state index in [-0.39, 0.29) is 6.42 Å². The number of alkyl halides is 2. The van der Waals surface area contributed by atoms with Crippen LogP contribution < -0.4 is 0 Å². The van der Waals surface area contributed by atoms with Crippen molar-refractivity contribution in [2.75, 3.05) is 0 Å². The Bertz CT molecular complexity index is 1470. The van der Waals surface area contributed by atoms with Gasteiger partial charge in [-0.1, -0.05) is 0 Å². The van der Waals surface area contributed by atoms with Crippen LogP contribution in [0.1, 0.15) is 12.5 Å². The van der Waals surface area contributed by atoms with Gasteiger partial charge in [0, 0.05) is 37.0 Å². The van der Waals surface area contributed by atoms with E-state index in [9.17, 15) is 13.2 Å². The van der Waals surface area contributed by atoms with Gasteiger partial charge in [0.25, 0.3) is 5.92 Å². The quantitative estimate of drug-likeness (QED) is 0.402. The van der Waals surface area contributed by atoms with E-state index in [0.717, 1.165) is 0 Å². The van der Waals surface area contributed by atoms with Gasteiger partial charge in [-0.05, 0) is 30.3 Å². The molecule has 160 valence electrons. The third-order valence-corrected chi connectivity index (χ3v) is 5.50. The van der Waals surface area contributed by atoms with Crippen molar-refractivity contribution in [3.63, 3.8) is 0 Å². The Morgan fingerprint density at radius 2 is 1.84 bits per heavy atom. The number of aryl methyl sites for hydroxylation is 1. The lowest BCUT2D eigenvalue weighted by atomic mass is 10.0. The van der Waals surface area contributed by atoms with Crippen LogP contribution in [0, 0.1) is 5.82 Å². The van der Waals surface area contributed by atoms with Crippen molar-refractivity contribution < 1.29 is 17.6 Å². The molecule has 1 atom stereocenters. The molecule has 4 aromatic heterocycles. The van der Waals surface area contributed by atoms with E-state index in [4.69, 9.17) is 4.42 Å². The van der Waals surface area contributed by atoms with E-state index in [1.165, 1.54) is 23.1 Å². The highest BCUT2D eigenvalue weighted by Gasteiger charge is 2.59. The molecule has 1 aromatic carbocycles. The summed E-state index contributed by atoms with van der Waals surface area (Å²) < 4.78 is 49.9. The first-order valence-electron chi connectivity index (χ1n) is 9.85. The topological polar surface area (TPSA) is 74.6 Å². The predicted octanol–water partition coefficient (Wildman–Crippen LogP) is 4.87. The molecular weight excluding hydrogens is 421 g/mol. The van der Waals surface area contributed by atoms with Crippen molar-refractivity contribution in [3.8, 4) is 34.0 Å². The molecule has 6 rings (SSSR count). The van der Waals surface area contributed by atoms with Crippen LogP contribution in [0.2, 0.25) is 0 Å². The molecule has 0 radical (unpaired) electrons. The first-order chi connectivity index (χ1) is 15.4. The summed E-state index contributed by atoms with van der Waals surface area (Å²) in [5.74, 6) is -2.69. The zero-order valence-corrected chi connectivity index (χ0v) is 16.7. The van der Waals surface area contributed by atoms with Gasteiger partial charge in [-0.3, -0.25) is 4.68 Å². The van der Waals surface area contributed by atoms with Gasteiger partial charge in [-0.2, -0.15) is 5.10 Å². The Hall–Kier alpha value is -3.95. The zero-order chi connectivity index (χ0) is 22.0. The molecule has 1 aliphatic carbocycles. The molecule has 0 unspecified atom stereocenters. The van der Waals surface area contributed by atoms with E-state index in [1.807, 2.05) is 13.2 Å². The molecule has 7 nitrogen and oxygen atoms in total. The fourth-order valence-electron chi connectivity index (χ4n) is 3.77. The fraction of sp³-hybridized carbons (Fsp3) is 0.182. The highest BCUT2D eigenvalue weighted by atomic mass is 19.3. The molecular formula is C22H15F3N6O. The Morgan fingerprint density at radius 3 is 2.53 bits per heavy atom. The van der Waals surface area contributed by atoms with Crippen molar-refractivity contribution in [1.29, 1.82) is 0 Å². The molecule has 0 bridgehead atoms. The maximum Gasteiger partial charge on any atom is 0.272 e. The Balaban J connectivity index is 1.54.